The molecule has 4 heterocycles. The number of ether oxygens (including phenoxy) is 1. The summed E-state index contributed by atoms with van der Waals surface area (Å²) in [6.07, 6.45) is 13.4. The van der Waals surface area contributed by atoms with Gasteiger partial charge in [-0.25, -0.2) is 14.8 Å². The number of carboxylic acid groups (broad SMARTS) is 1. The van der Waals surface area contributed by atoms with Gasteiger partial charge in [-0.2, -0.15) is 5.10 Å². The normalized spacial score (nSPS) is 12.8. The number of anilines is 2. The highest BCUT2D eigenvalue weighted by Crippen LogP contribution is 2.34. The van der Waals surface area contributed by atoms with E-state index in [0.29, 0.717) is 35.2 Å². The number of nitrogens with one attached hydrogen (secondary N) is 1. The number of carboxylic acids is 1. The number of unbranched alkanes of at least 4 members (excludes halogenated alkanes) is 10. The number of amides is 1. The van der Waals surface area contributed by atoms with Crippen LogP contribution in [-0.4, -0.2) is 54.8 Å². The number of carbonyl (C=O) groups excluding carboxylic acids is 2. The Labute approximate surface area is 346 Å². The Hall–Kier alpha value is -5.10. The van der Waals surface area contributed by atoms with Crippen LogP contribution < -0.4 is 10.2 Å². The predicted molar refractivity (Wildman–Crippen MR) is 232 cm³/mol. The second-order valence-corrected chi connectivity index (χ2v) is 17.5. The summed E-state index contributed by atoms with van der Waals surface area (Å²) in [6, 6.07) is 17.6. The van der Waals surface area contributed by atoms with Gasteiger partial charge in [0.1, 0.15) is 11.4 Å². The first-order chi connectivity index (χ1) is 27.9. The van der Waals surface area contributed by atoms with Gasteiger partial charge in [-0.1, -0.05) is 93.4 Å². The molecule has 5 aromatic rings. The Morgan fingerprint density at radius 2 is 1.53 bits per heavy atom. The van der Waals surface area contributed by atoms with Gasteiger partial charge in [0.05, 0.1) is 15.9 Å². The maximum absolute atomic E-state index is 13.9. The van der Waals surface area contributed by atoms with Crippen molar-refractivity contribution in [1.82, 2.24) is 19.7 Å². The highest BCUT2D eigenvalue weighted by atomic mass is 32.1. The van der Waals surface area contributed by atoms with Crippen molar-refractivity contribution in [2.45, 2.75) is 137 Å². The summed E-state index contributed by atoms with van der Waals surface area (Å²) in [5.74, 6) is -0.734. The number of para-hydroxylation sites is 1. The quantitative estimate of drug-likeness (QED) is 0.0616. The topological polar surface area (TPSA) is 140 Å². The monoisotopic (exact) mass is 806 g/mol. The van der Waals surface area contributed by atoms with Crippen LogP contribution in [0, 0.1) is 13.8 Å². The van der Waals surface area contributed by atoms with E-state index in [-0.39, 0.29) is 18.0 Å². The SMILES string of the molecule is Cc1nn(CCCCCCCCCCCCCC(=O)O)c(C)c1-c1ccc(N2CCc3cccc(C(=O)Nc4nc5ccccc5s4)c3C2)nc1C(=O)OC(C)(C)C. The van der Waals surface area contributed by atoms with Crippen molar-refractivity contribution in [2.75, 3.05) is 16.8 Å². The molecule has 0 aliphatic carbocycles. The molecule has 0 bridgehead atoms. The van der Waals surface area contributed by atoms with Gasteiger partial charge in [0.15, 0.2) is 10.8 Å². The number of benzene rings is 2. The molecule has 6 rings (SSSR count). The number of aryl methyl sites for hydroxylation is 2. The molecule has 2 N–H and O–H groups in total. The number of pyridine rings is 1. The minimum absolute atomic E-state index is 0.201. The number of aliphatic carboxylic acids is 1. The summed E-state index contributed by atoms with van der Waals surface area (Å²) in [7, 11) is 0. The van der Waals surface area contributed by atoms with Crippen LogP contribution in [0.25, 0.3) is 21.3 Å². The van der Waals surface area contributed by atoms with Gasteiger partial charge < -0.3 is 14.7 Å². The lowest BCUT2D eigenvalue weighted by molar-refractivity contribution is -0.137. The summed E-state index contributed by atoms with van der Waals surface area (Å²) in [5.41, 5.74) is 6.50. The Bertz CT molecular complexity index is 2190. The second kappa shape index (κ2) is 19.6. The molecule has 3 aromatic heterocycles. The van der Waals surface area contributed by atoms with Crippen molar-refractivity contribution in [3.8, 4) is 11.1 Å². The second-order valence-electron chi connectivity index (χ2n) is 16.4. The number of hydrogen-bond donors (Lipinski definition) is 2. The van der Waals surface area contributed by atoms with Crippen LogP contribution in [0.2, 0.25) is 0 Å². The number of fused-ring (bicyclic) bond motifs is 2. The van der Waals surface area contributed by atoms with E-state index in [0.717, 1.165) is 83.4 Å². The van der Waals surface area contributed by atoms with Crippen LogP contribution in [0.1, 0.15) is 141 Å². The van der Waals surface area contributed by atoms with Gasteiger partial charge in [0.25, 0.3) is 5.91 Å². The number of aromatic nitrogens is 4. The first-order valence-corrected chi connectivity index (χ1v) is 21.7. The predicted octanol–water partition coefficient (Wildman–Crippen LogP) is 10.7. The fourth-order valence-electron chi connectivity index (χ4n) is 7.82. The average Bonchev–Trinajstić information content (AvgIpc) is 3.73. The lowest BCUT2D eigenvalue weighted by Gasteiger charge is -2.31. The molecular weight excluding hydrogens is 749 g/mol. The molecular formula is C46H58N6O5S. The number of hydrogen-bond acceptors (Lipinski definition) is 9. The lowest BCUT2D eigenvalue weighted by atomic mass is 9.94. The van der Waals surface area contributed by atoms with E-state index in [2.05, 4.69) is 32.9 Å². The summed E-state index contributed by atoms with van der Waals surface area (Å²) in [4.78, 5) is 50.0. The Morgan fingerprint density at radius 1 is 0.845 bits per heavy atom. The maximum atomic E-state index is 13.9. The van der Waals surface area contributed by atoms with Gasteiger partial charge in [0.2, 0.25) is 0 Å². The standard InChI is InChI=1S/C46H58N6O5S/c1-31-41(32(2)52(50-31)28-18-14-12-10-8-6-7-9-11-13-15-24-40(53)54)35-25-26-39(48-42(35)44(56)57-46(3,4)5)51-29-27-33-20-19-21-34(36(33)30-51)43(55)49-45-47-37-22-16-17-23-38(37)58-45/h16-17,19-23,25-26H,6-15,18,24,27-30H2,1-5H3,(H,53,54)(H,47,49,55). The molecule has 0 saturated carbocycles. The molecule has 0 spiro atoms. The molecule has 12 heteroatoms. The molecule has 1 aliphatic heterocycles. The summed E-state index contributed by atoms with van der Waals surface area (Å²) >= 11 is 1.45. The molecule has 58 heavy (non-hydrogen) atoms. The van der Waals surface area contributed by atoms with Gasteiger partial charge in [0, 0.05) is 48.4 Å². The Kier molecular flexibility index (Phi) is 14.3. The summed E-state index contributed by atoms with van der Waals surface area (Å²) in [5, 5.41) is 17.3. The van der Waals surface area contributed by atoms with Crippen LogP contribution in [0.3, 0.4) is 0 Å². The summed E-state index contributed by atoms with van der Waals surface area (Å²) in [6.45, 7) is 11.6. The number of rotatable bonds is 19. The van der Waals surface area contributed by atoms with Crippen molar-refractivity contribution in [1.29, 1.82) is 0 Å². The molecule has 1 aliphatic rings. The molecule has 0 radical (unpaired) electrons. The zero-order valence-electron chi connectivity index (χ0n) is 34.7. The van der Waals surface area contributed by atoms with E-state index in [9.17, 15) is 14.4 Å². The maximum Gasteiger partial charge on any atom is 0.358 e. The van der Waals surface area contributed by atoms with Gasteiger partial charge in [-0.15, -0.1) is 0 Å². The molecule has 11 nitrogen and oxygen atoms in total. The first-order valence-electron chi connectivity index (χ1n) is 20.9. The number of esters is 1. The molecule has 308 valence electrons. The van der Waals surface area contributed by atoms with E-state index in [1.807, 2.05) is 76.2 Å². The zero-order chi connectivity index (χ0) is 41.2. The molecule has 0 fully saturated rings. The number of carbonyl (C=O) groups is 3. The van der Waals surface area contributed by atoms with Crippen LogP contribution in [0.15, 0.2) is 54.6 Å². The smallest absolute Gasteiger partial charge is 0.358 e. The van der Waals surface area contributed by atoms with E-state index in [1.165, 1.54) is 49.9 Å². The van der Waals surface area contributed by atoms with E-state index in [4.69, 9.17) is 19.9 Å². The zero-order valence-corrected chi connectivity index (χ0v) is 35.6. The third kappa shape index (κ3) is 11.1. The van der Waals surface area contributed by atoms with E-state index < -0.39 is 17.5 Å². The van der Waals surface area contributed by atoms with E-state index >= 15 is 0 Å². The highest BCUT2D eigenvalue weighted by Gasteiger charge is 2.29. The van der Waals surface area contributed by atoms with Crippen LogP contribution in [0.5, 0.6) is 0 Å². The number of thiazole rings is 1. The average molecular weight is 807 g/mol. The Balaban J connectivity index is 1.11. The lowest BCUT2D eigenvalue weighted by Crippen LogP contribution is -2.33. The van der Waals surface area contributed by atoms with Gasteiger partial charge in [-0.3, -0.25) is 19.6 Å². The third-order valence-electron chi connectivity index (χ3n) is 10.7. The van der Waals surface area contributed by atoms with Crippen molar-refractivity contribution in [2.24, 2.45) is 0 Å². The molecule has 1 amide bonds. The molecule has 2 aromatic carbocycles. The molecule has 0 unspecified atom stereocenters. The Morgan fingerprint density at radius 3 is 2.22 bits per heavy atom. The van der Waals surface area contributed by atoms with Crippen LogP contribution in [0.4, 0.5) is 10.9 Å². The highest BCUT2D eigenvalue weighted by molar-refractivity contribution is 7.22. The number of nitrogens with zero attached hydrogens (tertiary/aromatic N) is 5. The van der Waals surface area contributed by atoms with Crippen molar-refractivity contribution >= 4 is 50.3 Å². The fourth-order valence-corrected chi connectivity index (χ4v) is 8.68. The largest absolute Gasteiger partial charge is 0.481 e. The summed E-state index contributed by atoms with van der Waals surface area (Å²) < 4.78 is 9.01. The van der Waals surface area contributed by atoms with Gasteiger partial charge in [-0.05, 0) is 95.3 Å². The first kappa shape index (κ1) is 42.5. The fraction of sp³-hybridized carbons (Fsp3) is 0.478. The minimum atomic E-state index is -0.709. The third-order valence-corrected chi connectivity index (χ3v) is 11.7. The molecule has 0 saturated heterocycles. The van der Waals surface area contributed by atoms with Gasteiger partial charge >= 0.3 is 11.9 Å². The van der Waals surface area contributed by atoms with Crippen LogP contribution >= 0.6 is 11.3 Å². The minimum Gasteiger partial charge on any atom is -0.481 e. The van der Waals surface area contributed by atoms with E-state index in [1.54, 1.807) is 0 Å². The molecule has 0 atom stereocenters. The van der Waals surface area contributed by atoms with Crippen molar-refractivity contribution in [3.05, 3.63) is 88.4 Å². The van der Waals surface area contributed by atoms with Crippen molar-refractivity contribution in [3.63, 3.8) is 0 Å². The van der Waals surface area contributed by atoms with Crippen LogP contribution in [-0.2, 0) is 29.0 Å². The van der Waals surface area contributed by atoms with Crippen molar-refractivity contribution < 1.29 is 24.2 Å².